The number of anilines is 1. The normalized spacial score (nSPS) is 10.1. The van der Waals surface area contributed by atoms with Gasteiger partial charge in [0.05, 0.1) is 23.8 Å². The van der Waals surface area contributed by atoms with Crippen molar-refractivity contribution in [3.63, 3.8) is 0 Å². The number of nitro groups is 1. The second-order valence-corrected chi connectivity index (χ2v) is 4.08. The van der Waals surface area contributed by atoms with Crippen molar-refractivity contribution in [3.8, 4) is 17.0 Å². The van der Waals surface area contributed by atoms with Gasteiger partial charge in [-0.25, -0.2) is 4.98 Å². The summed E-state index contributed by atoms with van der Waals surface area (Å²) in [5.74, 6) is 1.10. The Morgan fingerprint density at radius 1 is 1.35 bits per heavy atom. The summed E-state index contributed by atoms with van der Waals surface area (Å²) in [5, 5.41) is 14.0. The lowest BCUT2D eigenvalue weighted by molar-refractivity contribution is -0.384. The third-order valence-electron chi connectivity index (χ3n) is 2.76. The topological polar surface area (TPSA) is 77.3 Å². The average Bonchev–Trinajstić information content (AvgIpc) is 2.47. The molecule has 1 aromatic carbocycles. The van der Waals surface area contributed by atoms with Gasteiger partial charge in [-0.1, -0.05) is 12.1 Å². The monoisotopic (exact) mass is 273 g/mol. The number of rotatable bonds is 5. The minimum atomic E-state index is -0.429. The highest BCUT2D eigenvalue weighted by Gasteiger charge is 2.14. The van der Waals surface area contributed by atoms with Crippen LogP contribution in [0, 0.1) is 10.1 Å². The first kappa shape index (κ1) is 13.8. The first-order valence-corrected chi connectivity index (χ1v) is 6.19. The average molecular weight is 273 g/mol. The lowest BCUT2D eigenvalue weighted by Crippen LogP contribution is -2.02. The number of nitrogens with one attached hydrogen (secondary N) is 1. The van der Waals surface area contributed by atoms with Crippen LogP contribution in [0.2, 0.25) is 0 Å². The molecule has 0 atom stereocenters. The van der Waals surface area contributed by atoms with Crippen molar-refractivity contribution in [2.75, 3.05) is 19.0 Å². The number of nitrogens with zero attached hydrogens (tertiary/aromatic N) is 2. The molecule has 2 aromatic rings. The molecule has 1 aromatic heterocycles. The summed E-state index contributed by atoms with van der Waals surface area (Å²) in [6, 6.07) is 10.2. The summed E-state index contributed by atoms with van der Waals surface area (Å²) in [6.07, 6.45) is 0. The Labute approximate surface area is 116 Å². The van der Waals surface area contributed by atoms with Gasteiger partial charge in [0.2, 0.25) is 0 Å². The molecule has 0 unspecified atom stereocenters. The first-order valence-electron chi connectivity index (χ1n) is 6.19. The molecule has 1 N–H and O–H groups in total. The molecule has 0 spiro atoms. The fraction of sp³-hybridized carbons (Fsp3) is 0.214. The van der Waals surface area contributed by atoms with Crippen LogP contribution in [-0.4, -0.2) is 23.6 Å². The van der Waals surface area contributed by atoms with Crippen molar-refractivity contribution in [2.24, 2.45) is 0 Å². The Hall–Kier alpha value is -2.63. The molecule has 0 aliphatic heterocycles. The van der Waals surface area contributed by atoms with E-state index in [0.29, 0.717) is 23.8 Å². The molecule has 20 heavy (non-hydrogen) atoms. The van der Waals surface area contributed by atoms with E-state index < -0.39 is 4.92 Å². The molecule has 0 fully saturated rings. The van der Waals surface area contributed by atoms with Gasteiger partial charge in [-0.15, -0.1) is 0 Å². The summed E-state index contributed by atoms with van der Waals surface area (Å²) in [5.41, 5.74) is 1.22. The lowest BCUT2D eigenvalue weighted by atomic mass is 10.1. The SMILES string of the molecule is CCNc1cc([N+](=O)[O-])cc(-c2ccccc2OC)n1. The molecule has 0 amide bonds. The van der Waals surface area contributed by atoms with Crippen molar-refractivity contribution in [1.29, 1.82) is 0 Å². The molecule has 0 saturated carbocycles. The molecule has 2 rings (SSSR count). The Kier molecular flexibility index (Phi) is 4.14. The lowest BCUT2D eigenvalue weighted by Gasteiger charge is -2.09. The third-order valence-corrected chi connectivity index (χ3v) is 2.76. The summed E-state index contributed by atoms with van der Waals surface area (Å²) in [4.78, 5) is 15.0. The molecule has 0 aliphatic rings. The van der Waals surface area contributed by atoms with Crippen LogP contribution in [-0.2, 0) is 0 Å². The molecule has 104 valence electrons. The van der Waals surface area contributed by atoms with Crippen LogP contribution in [0.4, 0.5) is 11.5 Å². The van der Waals surface area contributed by atoms with E-state index in [0.717, 1.165) is 5.56 Å². The van der Waals surface area contributed by atoms with Gasteiger partial charge in [-0.2, -0.15) is 0 Å². The Bertz CT molecular complexity index is 629. The minimum absolute atomic E-state index is 0.00291. The molecule has 0 bridgehead atoms. The van der Waals surface area contributed by atoms with Crippen LogP contribution in [0.15, 0.2) is 36.4 Å². The molecular weight excluding hydrogens is 258 g/mol. The maximum atomic E-state index is 11.0. The van der Waals surface area contributed by atoms with Gasteiger partial charge in [0.1, 0.15) is 11.6 Å². The van der Waals surface area contributed by atoms with Gasteiger partial charge in [0.15, 0.2) is 0 Å². The molecule has 6 heteroatoms. The summed E-state index contributed by atoms with van der Waals surface area (Å²) in [6.45, 7) is 2.54. The molecule has 0 radical (unpaired) electrons. The highest BCUT2D eigenvalue weighted by molar-refractivity contribution is 5.70. The fourth-order valence-corrected chi connectivity index (χ4v) is 1.89. The molecule has 0 aliphatic carbocycles. The smallest absolute Gasteiger partial charge is 0.275 e. The van der Waals surface area contributed by atoms with E-state index in [9.17, 15) is 10.1 Å². The molecular formula is C14H15N3O3. The number of aromatic nitrogens is 1. The van der Waals surface area contributed by atoms with E-state index in [1.807, 2.05) is 25.1 Å². The zero-order chi connectivity index (χ0) is 14.5. The maximum Gasteiger partial charge on any atom is 0.275 e. The van der Waals surface area contributed by atoms with Crippen molar-refractivity contribution in [1.82, 2.24) is 4.98 Å². The van der Waals surface area contributed by atoms with E-state index in [-0.39, 0.29) is 5.69 Å². The minimum Gasteiger partial charge on any atom is -0.496 e. The molecule has 6 nitrogen and oxygen atoms in total. The molecule has 0 saturated heterocycles. The highest BCUT2D eigenvalue weighted by atomic mass is 16.6. The van der Waals surface area contributed by atoms with Gasteiger partial charge in [-0.3, -0.25) is 10.1 Å². The van der Waals surface area contributed by atoms with Gasteiger partial charge < -0.3 is 10.1 Å². The number of benzene rings is 1. The number of ether oxygens (including phenoxy) is 1. The van der Waals surface area contributed by atoms with Crippen molar-refractivity contribution in [2.45, 2.75) is 6.92 Å². The van der Waals surface area contributed by atoms with Gasteiger partial charge in [0.25, 0.3) is 5.69 Å². The van der Waals surface area contributed by atoms with E-state index >= 15 is 0 Å². The summed E-state index contributed by atoms with van der Waals surface area (Å²) in [7, 11) is 1.56. The van der Waals surface area contributed by atoms with Gasteiger partial charge in [-0.05, 0) is 19.1 Å². The second kappa shape index (κ2) is 6.01. The van der Waals surface area contributed by atoms with Crippen LogP contribution in [0.5, 0.6) is 5.75 Å². The zero-order valence-corrected chi connectivity index (χ0v) is 11.3. The number of hydrogen-bond donors (Lipinski definition) is 1. The molecule has 1 heterocycles. The number of pyridine rings is 1. The maximum absolute atomic E-state index is 11.0. The zero-order valence-electron chi connectivity index (χ0n) is 11.3. The van der Waals surface area contributed by atoms with Crippen molar-refractivity contribution >= 4 is 11.5 Å². The van der Waals surface area contributed by atoms with Crippen LogP contribution < -0.4 is 10.1 Å². The number of para-hydroxylation sites is 1. The third kappa shape index (κ3) is 2.85. The van der Waals surface area contributed by atoms with E-state index in [1.54, 1.807) is 13.2 Å². The predicted octanol–water partition coefficient (Wildman–Crippen LogP) is 3.10. The van der Waals surface area contributed by atoms with E-state index in [1.165, 1.54) is 12.1 Å². The van der Waals surface area contributed by atoms with Crippen LogP contribution in [0.3, 0.4) is 0 Å². The van der Waals surface area contributed by atoms with Crippen molar-refractivity contribution < 1.29 is 9.66 Å². The second-order valence-electron chi connectivity index (χ2n) is 4.08. The number of methoxy groups -OCH3 is 1. The fourth-order valence-electron chi connectivity index (χ4n) is 1.89. The Morgan fingerprint density at radius 3 is 2.75 bits per heavy atom. The van der Waals surface area contributed by atoms with Crippen LogP contribution in [0.1, 0.15) is 6.92 Å². The Morgan fingerprint density at radius 2 is 2.10 bits per heavy atom. The van der Waals surface area contributed by atoms with E-state index in [2.05, 4.69) is 10.3 Å². The predicted molar refractivity (Wildman–Crippen MR) is 77.0 cm³/mol. The van der Waals surface area contributed by atoms with Crippen LogP contribution in [0.25, 0.3) is 11.3 Å². The summed E-state index contributed by atoms with van der Waals surface area (Å²) >= 11 is 0. The number of hydrogen-bond acceptors (Lipinski definition) is 5. The van der Waals surface area contributed by atoms with Gasteiger partial charge in [0, 0.05) is 18.2 Å². The largest absolute Gasteiger partial charge is 0.496 e. The standard InChI is InChI=1S/C14H15N3O3/c1-3-15-14-9-10(17(18)19)8-12(16-14)11-6-4-5-7-13(11)20-2/h4-9H,3H2,1-2H3,(H,15,16). The first-order chi connectivity index (χ1) is 9.65. The summed E-state index contributed by atoms with van der Waals surface area (Å²) < 4.78 is 5.27. The van der Waals surface area contributed by atoms with Crippen molar-refractivity contribution in [3.05, 3.63) is 46.5 Å². The highest BCUT2D eigenvalue weighted by Crippen LogP contribution is 2.31. The van der Waals surface area contributed by atoms with Crippen LogP contribution >= 0.6 is 0 Å². The van der Waals surface area contributed by atoms with E-state index in [4.69, 9.17) is 4.74 Å². The quantitative estimate of drug-likeness (QED) is 0.669. The Balaban J connectivity index is 2.57. The van der Waals surface area contributed by atoms with Gasteiger partial charge >= 0.3 is 0 Å².